The fraction of sp³-hybridized carbons (Fsp3) is 0.500. The highest BCUT2D eigenvalue weighted by molar-refractivity contribution is 5.83. The first kappa shape index (κ1) is 19.6. The first-order valence-electron chi connectivity index (χ1n) is 10.1. The second-order valence-corrected chi connectivity index (χ2v) is 8.10. The van der Waals surface area contributed by atoms with Gasteiger partial charge in [0.15, 0.2) is 0 Å². The fourth-order valence-electron chi connectivity index (χ4n) is 4.78. The smallest absolute Gasteiger partial charge is 0.311 e. The predicted octanol–water partition coefficient (Wildman–Crippen LogP) is 1.98. The standard InChI is InChI=1S/C22H28N4O3/c1-14-15(2)24(3)19(23-14)12-25-11-17-10-18(22(28)29-4)21(26(17)20(27)13-25)16-8-6-5-7-9-16/h5-9,17-18,21H,10-13H2,1-4H3/t17-,18-,21-/m0/s1. The molecule has 0 N–H and O–H groups in total. The normalized spacial score (nSPS) is 24.6. The lowest BCUT2D eigenvalue weighted by atomic mass is 9.93. The van der Waals surface area contributed by atoms with E-state index in [-0.39, 0.29) is 29.9 Å². The van der Waals surface area contributed by atoms with Gasteiger partial charge in [-0.15, -0.1) is 0 Å². The Balaban J connectivity index is 1.59. The van der Waals surface area contributed by atoms with E-state index in [2.05, 4.69) is 21.4 Å². The predicted molar refractivity (Wildman–Crippen MR) is 108 cm³/mol. The van der Waals surface area contributed by atoms with Crippen molar-refractivity contribution in [2.75, 3.05) is 20.2 Å². The molecule has 7 heteroatoms. The van der Waals surface area contributed by atoms with Crippen molar-refractivity contribution < 1.29 is 14.3 Å². The Morgan fingerprint density at radius 3 is 2.59 bits per heavy atom. The number of aryl methyl sites for hydroxylation is 1. The Morgan fingerprint density at radius 1 is 1.24 bits per heavy atom. The maximum Gasteiger partial charge on any atom is 0.311 e. The van der Waals surface area contributed by atoms with Crippen LogP contribution in [0.25, 0.3) is 0 Å². The molecule has 2 saturated heterocycles. The van der Waals surface area contributed by atoms with Crippen molar-refractivity contribution in [3.8, 4) is 0 Å². The first-order valence-corrected chi connectivity index (χ1v) is 10.1. The van der Waals surface area contributed by atoms with E-state index in [4.69, 9.17) is 4.74 Å². The molecular weight excluding hydrogens is 368 g/mol. The van der Waals surface area contributed by atoms with Gasteiger partial charge in [-0.1, -0.05) is 30.3 Å². The van der Waals surface area contributed by atoms with Crippen LogP contribution in [0.5, 0.6) is 0 Å². The van der Waals surface area contributed by atoms with Crippen LogP contribution < -0.4 is 0 Å². The van der Waals surface area contributed by atoms with E-state index in [9.17, 15) is 9.59 Å². The Labute approximate surface area is 171 Å². The van der Waals surface area contributed by atoms with Gasteiger partial charge in [0, 0.05) is 25.3 Å². The minimum Gasteiger partial charge on any atom is -0.469 e. The average molecular weight is 396 g/mol. The van der Waals surface area contributed by atoms with E-state index < -0.39 is 0 Å². The topological polar surface area (TPSA) is 67.7 Å². The second kappa shape index (κ2) is 7.63. The number of hydrogen-bond acceptors (Lipinski definition) is 5. The molecule has 0 aliphatic carbocycles. The lowest BCUT2D eigenvalue weighted by Gasteiger charge is -2.40. The number of rotatable bonds is 4. The van der Waals surface area contributed by atoms with Crippen molar-refractivity contribution in [1.29, 1.82) is 0 Å². The number of ether oxygens (including phenoxy) is 1. The number of imidazole rings is 1. The summed E-state index contributed by atoms with van der Waals surface area (Å²) in [7, 11) is 3.43. The zero-order valence-corrected chi connectivity index (χ0v) is 17.5. The SMILES string of the molecule is COC(=O)[C@H]1C[C@H]2CN(Cc3nc(C)c(C)n3C)CC(=O)N2[C@H]1c1ccccc1. The summed E-state index contributed by atoms with van der Waals surface area (Å²) in [5.74, 6) is 0.435. The molecule has 3 atom stereocenters. The van der Waals surface area contributed by atoms with E-state index in [1.54, 1.807) is 0 Å². The molecule has 3 heterocycles. The minimum atomic E-state index is -0.339. The highest BCUT2D eigenvalue weighted by Gasteiger charge is 2.50. The van der Waals surface area contributed by atoms with Crippen LogP contribution in [0.4, 0.5) is 0 Å². The van der Waals surface area contributed by atoms with Crippen molar-refractivity contribution in [2.45, 2.75) is 38.9 Å². The van der Waals surface area contributed by atoms with Crippen LogP contribution in [0.3, 0.4) is 0 Å². The number of carbonyl (C=O) groups excluding carboxylic acids is 2. The van der Waals surface area contributed by atoms with Gasteiger partial charge >= 0.3 is 5.97 Å². The van der Waals surface area contributed by atoms with E-state index in [0.717, 1.165) is 29.3 Å². The average Bonchev–Trinajstić information content (AvgIpc) is 3.22. The molecule has 1 aromatic carbocycles. The van der Waals surface area contributed by atoms with Gasteiger partial charge < -0.3 is 14.2 Å². The largest absolute Gasteiger partial charge is 0.469 e. The molecule has 2 aliphatic heterocycles. The maximum atomic E-state index is 13.2. The van der Waals surface area contributed by atoms with Gasteiger partial charge in [-0.25, -0.2) is 4.98 Å². The second-order valence-electron chi connectivity index (χ2n) is 8.10. The highest BCUT2D eigenvalue weighted by Crippen LogP contribution is 2.43. The zero-order chi connectivity index (χ0) is 20.7. The highest BCUT2D eigenvalue weighted by atomic mass is 16.5. The van der Waals surface area contributed by atoms with Gasteiger partial charge in [0.2, 0.25) is 5.91 Å². The lowest BCUT2D eigenvalue weighted by Crippen LogP contribution is -2.54. The third-order valence-electron chi connectivity index (χ3n) is 6.44. The lowest BCUT2D eigenvalue weighted by molar-refractivity contribution is -0.147. The summed E-state index contributed by atoms with van der Waals surface area (Å²) in [5, 5.41) is 0. The van der Waals surface area contributed by atoms with Crippen molar-refractivity contribution in [3.63, 3.8) is 0 Å². The van der Waals surface area contributed by atoms with Crippen molar-refractivity contribution >= 4 is 11.9 Å². The molecule has 0 spiro atoms. The van der Waals surface area contributed by atoms with Crippen molar-refractivity contribution in [2.24, 2.45) is 13.0 Å². The number of aromatic nitrogens is 2. The third-order valence-corrected chi connectivity index (χ3v) is 6.44. The van der Waals surface area contributed by atoms with Crippen molar-refractivity contribution in [3.05, 3.63) is 53.1 Å². The molecule has 0 radical (unpaired) electrons. The molecule has 29 heavy (non-hydrogen) atoms. The molecule has 1 aromatic heterocycles. The molecule has 0 bridgehead atoms. The quantitative estimate of drug-likeness (QED) is 0.740. The molecule has 0 unspecified atom stereocenters. The van der Waals surface area contributed by atoms with Gasteiger partial charge in [-0.3, -0.25) is 14.5 Å². The van der Waals surface area contributed by atoms with Gasteiger partial charge in [0.1, 0.15) is 5.82 Å². The minimum absolute atomic E-state index is 0.00646. The monoisotopic (exact) mass is 396 g/mol. The number of piperazine rings is 1. The number of esters is 1. The van der Waals surface area contributed by atoms with Gasteiger partial charge in [-0.2, -0.15) is 0 Å². The number of amides is 1. The Kier molecular flexibility index (Phi) is 5.17. The van der Waals surface area contributed by atoms with Crippen LogP contribution in [0, 0.1) is 19.8 Å². The summed E-state index contributed by atoms with van der Waals surface area (Å²) < 4.78 is 7.17. The van der Waals surface area contributed by atoms with E-state index in [1.165, 1.54) is 7.11 Å². The third kappa shape index (κ3) is 3.44. The van der Waals surface area contributed by atoms with Crippen LogP contribution in [-0.4, -0.2) is 57.5 Å². The summed E-state index contributed by atoms with van der Waals surface area (Å²) in [6.07, 6.45) is 0.618. The summed E-state index contributed by atoms with van der Waals surface area (Å²) >= 11 is 0. The van der Waals surface area contributed by atoms with E-state index >= 15 is 0 Å². The summed E-state index contributed by atoms with van der Waals surface area (Å²) in [6.45, 7) is 5.74. The molecule has 4 rings (SSSR count). The van der Waals surface area contributed by atoms with Gasteiger partial charge in [0.25, 0.3) is 0 Å². The van der Waals surface area contributed by atoms with Crippen LogP contribution in [-0.2, 0) is 27.9 Å². The van der Waals surface area contributed by atoms with Crippen LogP contribution >= 0.6 is 0 Å². The number of fused-ring (bicyclic) bond motifs is 1. The van der Waals surface area contributed by atoms with E-state index in [0.29, 0.717) is 19.5 Å². The molecule has 154 valence electrons. The van der Waals surface area contributed by atoms with Gasteiger partial charge in [-0.05, 0) is 25.8 Å². The number of carbonyl (C=O) groups is 2. The number of benzene rings is 1. The molecule has 2 aromatic rings. The fourth-order valence-corrected chi connectivity index (χ4v) is 4.78. The first-order chi connectivity index (χ1) is 13.9. The number of nitrogens with zero attached hydrogens (tertiary/aromatic N) is 4. The Hall–Kier alpha value is -2.67. The molecule has 1 amide bonds. The molecule has 7 nitrogen and oxygen atoms in total. The molecule has 2 fully saturated rings. The Bertz CT molecular complexity index is 924. The molecular formula is C22H28N4O3. The maximum absolute atomic E-state index is 13.2. The molecule has 0 saturated carbocycles. The summed E-state index contributed by atoms with van der Waals surface area (Å²) in [4.78, 5) is 34.4. The molecule has 2 aliphatic rings. The zero-order valence-electron chi connectivity index (χ0n) is 17.5. The van der Waals surface area contributed by atoms with Gasteiger partial charge in [0.05, 0.1) is 37.9 Å². The van der Waals surface area contributed by atoms with Crippen LogP contribution in [0.2, 0.25) is 0 Å². The van der Waals surface area contributed by atoms with Crippen LogP contribution in [0.1, 0.15) is 35.2 Å². The van der Waals surface area contributed by atoms with Crippen molar-refractivity contribution in [1.82, 2.24) is 19.4 Å². The summed E-state index contributed by atoms with van der Waals surface area (Å²) in [5.41, 5.74) is 3.14. The summed E-state index contributed by atoms with van der Waals surface area (Å²) in [6, 6.07) is 9.55. The Morgan fingerprint density at radius 2 is 1.97 bits per heavy atom. The number of methoxy groups -OCH3 is 1. The van der Waals surface area contributed by atoms with Crippen LogP contribution in [0.15, 0.2) is 30.3 Å². The number of hydrogen-bond donors (Lipinski definition) is 0. The van der Waals surface area contributed by atoms with E-state index in [1.807, 2.05) is 49.2 Å².